The molecule has 0 aromatic rings. The van der Waals surface area contributed by atoms with Crippen molar-refractivity contribution < 1.29 is 14.7 Å². The molecule has 2 fully saturated rings. The number of carboxylic acids is 1. The first-order valence-electron chi connectivity index (χ1n) is 7.24. The van der Waals surface area contributed by atoms with Gasteiger partial charge in [0.25, 0.3) is 0 Å². The van der Waals surface area contributed by atoms with Crippen LogP contribution in [-0.2, 0) is 4.79 Å². The van der Waals surface area contributed by atoms with Crippen molar-refractivity contribution in [1.29, 1.82) is 0 Å². The number of urea groups is 1. The minimum atomic E-state index is -0.744. The smallest absolute Gasteiger partial charge is 0.320 e. The molecule has 0 bridgehead atoms. The predicted molar refractivity (Wildman–Crippen MR) is 71.9 cm³/mol. The highest BCUT2D eigenvalue weighted by atomic mass is 16.4. The fourth-order valence-electron chi connectivity index (χ4n) is 3.32. The maximum absolute atomic E-state index is 12.4. The zero-order valence-electron chi connectivity index (χ0n) is 11.8. The number of hydrogen-bond donors (Lipinski definition) is 1. The van der Waals surface area contributed by atoms with Crippen LogP contribution in [-0.4, -0.2) is 52.6 Å². The topological polar surface area (TPSA) is 60.9 Å². The molecule has 108 valence electrons. The summed E-state index contributed by atoms with van der Waals surface area (Å²) >= 11 is 0. The number of carbonyl (C=O) groups excluding carboxylic acids is 1. The Morgan fingerprint density at radius 1 is 1.26 bits per heavy atom. The van der Waals surface area contributed by atoms with E-state index in [-0.39, 0.29) is 12.5 Å². The van der Waals surface area contributed by atoms with Crippen molar-refractivity contribution in [2.45, 2.75) is 45.6 Å². The molecular formula is C14H24N2O3. The molecule has 1 N–H and O–H groups in total. The lowest BCUT2D eigenvalue weighted by molar-refractivity contribution is -0.137. The predicted octanol–water partition coefficient (Wildman–Crippen LogP) is 2.02. The van der Waals surface area contributed by atoms with E-state index in [2.05, 4.69) is 13.8 Å². The van der Waals surface area contributed by atoms with Crippen molar-refractivity contribution in [1.82, 2.24) is 9.80 Å². The summed E-state index contributed by atoms with van der Waals surface area (Å²) in [7, 11) is 0. The van der Waals surface area contributed by atoms with Gasteiger partial charge in [-0.2, -0.15) is 0 Å². The lowest BCUT2D eigenvalue weighted by Crippen LogP contribution is -2.43. The lowest BCUT2D eigenvalue weighted by atomic mass is 10.0. The molecule has 0 aromatic heterocycles. The van der Waals surface area contributed by atoms with Crippen molar-refractivity contribution >= 4 is 12.0 Å². The van der Waals surface area contributed by atoms with Crippen LogP contribution in [0, 0.1) is 11.8 Å². The van der Waals surface area contributed by atoms with Gasteiger partial charge in [0.1, 0.15) is 0 Å². The Bertz CT molecular complexity index is 359. The minimum absolute atomic E-state index is 0.148. The quantitative estimate of drug-likeness (QED) is 0.852. The second kappa shape index (κ2) is 5.80. The van der Waals surface area contributed by atoms with Crippen LogP contribution in [0.4, 0.5) is 4.79 Å². The molecule has 3 atom stereocenters. The van der Waals surface area contributed by atoms with Gasteiger partial charge in [0.05, 0.1) is 0 Å². The third kappa shape index (κ3) is 3.39. The summed E-state index contributed by atoms with van der Waals surface area (Å²) < 4.78 is 0. The van der Waals surface area contributed by atoms with Crippen molar-refractivity contribution in [3.05, 3.63) is 0 Å². The monoisotopic (exact) mass is 268 g/mol. The molecule has 3 unspecified atom stereocenters. The van der Waals surface area contributed by atoms with Gasteiger partial charge in [0.2, 0.25) is 0 Å². The van der Waals surface area contributed by atoms with Gasteiger partial charge in [-0.05, 0) is 38.0 Å². The van der Waals surface area contributed by atoms with E-state index >= 15 is 0 Å². The summed E-state index contributed by atoms with van der Waals surface area (Å²) in [6.45, 7) is 6.66. The summed E-state index contributed by atoms with van der Waals surface area (Å²) in [5, 5.41) is 8.70. The SMILES string of the molecule is CC1CC(C)N(C(=O)N2CCC(CCC(=O)O)C2)C1. The van der Waals surface area contributed by atoms with E-state index < -0.39 is 5.97 Å². The fraction of sp³-hybridized carbons (Fsp3) is 0.857. The van der Waals surface area contributed by atoms with Gasteiger partial charge in [0, 0.05) is 32.1 Å². The average Bonchev–Trinajstić information content (AvgIpc) is 2.92. The maximum atomic E-state index is 12.4. The van der Waals surface area contributed by atoms with Gasteiger partial charge in [-0.25, -0.2) is 4.79 Å². The number of carboxylic acid groups (broad SMARTS) is 1. The van der Waals surface area contributed by atoms with Gasteiger partial charge in [-0.3, -0.25) is 4.79 Å². The molecule has 2 saturated heterocycles. The highest BCUT2D eigenvalue weighted by Crippen LogP contribution is 2.27. The largest absolute Gasteiger partial charge is 0.481 e. The number of aliphatic carboxylic acids is 1. The van der Waals surface area contributed by atoms with Gasteiger partial charge >= 0.3 is 12.0 Å². The fourth-order valence-corrected chi connectivity index (χ4v) is 3.32. The van der Waals surface area contributed by atoms with Crippen LogP contribution in [0.2, 0.25) is 0 Å². The Labute approximate surface area is 114 Å². The zero-order valence-corrected chi connectivity index (χ0v) is 11.8. The van der Waals surface area contributed by atoms with E-state index in [1.807, 2.05) is 9.80 Å². The Kier molecular flexibility index (Phi) is 4.32. The molecule has 2 heterocycles. The Morgan fingerprint density at radius 2 is 2.00 bits per heavy atom. The van der Waals surface area contributed by atoms with Crippen molar-refractivity contribution in [3.63, 3.8) is 0 Å². The summed E-state index contributed by atoms with van der Waals surface area (Å²) in [5.41, 5.74) is 0. The molecule has 0 saturated carbocycles. The molecule has 19 heavy (non-hydrogen) atoms. The number of rotatable bonds is 3. The van der Waals surface area contributed by atoms with Crippen LogP contribution in [0.5, 0.6) is 0 Å². The van der Waals surface area contributed by atoms with E-state index in [9.17, 15) is 9.59 Å². The molecule has 0 spiro atoms. The van der Waals surface area contributed by atoms with Gasteiger partial charge < -0.3 is 14.9 Å². The third-order valence-corrected chi connectivity index (χ3v) is 4.35. The molecule has 5 nitrogen and oxygen atoms in total. The lowest BCUT2D eigenvalue weighted by Gasteiger charge is -2.27. The van der Waals surface area contributed by atoms with E-state index in [1.165, 1.54) is 0 Å². The summed E-state index contributed by atoms with van der Waals surface area (Å²) in [6, 6.07) is 0.482. The minimum Gasteiger partial charge on any atom is -0.481 e. The zero-order chi connectivity index (χ0) is 14.0. The third-order valence-electron chi connectivity index (χ3n) is 4.35. The molecule has 2 aliphatic rings. The van der Waals surface area contributed by atoms with E-state index in [0.717, 1.165) is 32.5 Å². The standard InChI is InChI=1S/C14H24N2O3/c1-10-7-11(2)16(8-10)14(19)15-6-5-12(9-15)3-4-13(17)18/h10-12H,3-9H2,1-2H3,(H,17,18). The summed E-state index contributed by atoms with van der Waals surface area (Å²) in [4.78, 5) is 26.9. The number of nitrogens with zero attached hydrogens (tertiary/aromatic N) is 2. The van der Waals surface area contributed by atoms with Crippen molar-refractivity contribution in [2.75, 3.05) is 19.6 Å². The van der Waals surface area contributed by atoms with Gasteiger partial charge in [0.15, 0.2) is 0 Å². The first-order valence-corrected chi connectivity index (χ1v) is 7.24. The average molecular weight is 268 g/mol. The molecule has 2 aliphatic heterocycles. The number of likely N-dealkylation sites (tertiary alicyclic amines) is 2. The number of amides is 2. The van der Waals surface area contributed by atoms with Crippen LogP contribution in [0.3, 0.4) is 0 Å². The summed E-state index contributed by atoms with van der Waals surface area (Å²) in [5.74, 6) is 0.200. The Balaban J connectivity index is 1.83. The molecule has 0 aromatic carbocycles. The van der Waals surface area contributed by atoms with Crippen LogP contribution in [0.25, 0.3) is 0 Å². The van der Waals surface area contributed by atoms with E-state index in [1.54, 1.807) is 0 Å². The van der Waals surface area contributed by atoms with Crippen LogP contribution < -0.4 is 0 Å². The van der Waals surface area contributed by atoms with Crippen LogP contribution in [0.15, 0.2) is 0 Å². The first-order chi connectivity index (χ1) is 8.97. The van der Waals surface area contributed by atoms with Crippen molar-refractivity contribution in [2.24, 2.45) is 11.8 Å². The van der Waals surface area contributed by atoms with Gasteiger partial charge in [-0.15, -0.1) is 0 Å². The normalized spacial score (nSPS) is 30.9. The second-order valence-corrected chi connectivity index (χ2v) is 6.16. The first kappa shape index (κ1) is 14.2. The highest BCUT2D eigenvalue weighted by Gasteiger charge is 2.35. The highest BCUT2D eigenvalue weighted by molar-refractivity contribution is 5.75. The molecule has 0 aliphatic carbocycles. The van der Waals surface area contributed by atoms with E-state index in [0.29, 0.717) is 24.3 Å². The number of carbonyl (C=O) groups is 2. The molecule has 2 amide bonds. The van der Waals surface area contributed by atoms with Crippen LogP contribution >= 0.6 is 0 Å². The molecule has 2 rings (SSSR count). The second-order valence-electron chi connectivity index (χ2n) is 6.16. The van der Waals surface area contributed by atoms with Crippen LogP contribution in [0.1, 0.15) is 39.5 Å². The van der Waals surface area contributed by atoms with Crippen molar-refractivity contribution in [3.8, 4) is 0 Å². The Morgan fingerprint density at radius 3 is 2.58 bits per heavy atom. The molecular weight excluding hydrogens is 244 g/mol. The molecule has 0 radical (unpaired) electrons. The van der Waals surface area contributed by atoms with Gasteiger partial charge in [-0.1, -0.05) is 6.92 Å². The van der Waals surface area contributed by atoms with E-state index in [4.69, 9.17) is 5.11 Å². The number of hydrogen-bond acceptors (Lipinski definition) is 2. The summed E-state index contributed by atoms with van der Waals surface area (Å²) in [6.07, 6.45) is 2.92. The molecule has 5 heteroatoms. The maximum Gasteiger partial charge on any atom is 0.320 e. The Hall–Kier alpha value is -1.26.